The number of unbranched alkanes of at least 4 members (excludes halogenated alkanes) is 9. The highest BCUT2D eigenvalue weighted by atomic mass is 31.2. The second kappa shape index (κ2) is 11.5. The molecule has 0 saturated carbocycles. The zero-order valence-electron chi connectivity index (χ0n) is 12.9. The molecule has 0 bridgehead atoms. The summed E-state index contributed by atoms with van der Waals surface area (Å²) in [6, 6.07) is 0. The molecule has 0 fully saturated rings. The molecule has 0 aromatic heterocycles. The monoisotopic (exact) mass is 259 g/mol. The molecule has 0 aliphatic rings. The lowest BCUT2D eigenvalue weighted by atomic mass is 10.1. The molecule has 1 heteroatoms. The molecule has 0 aliphatic carbocycles. The first-order valence-electron chi connectivity index (χ1n) is 7.94. The van der Waals surface area contributed by atoms with E-state index in [0.717, 1.165) is 0 Å². The lowest BCUT2D eigenvalue weighted by Gasteiger charge is -2.15. The topological polar surface area (TPSA) is 0 Å². The Kier molecular flexibility index (Phi) is 11.8. The van der Waals surface area contributed by atoms with Crippen LogP contribution < -0.4 is 0 Å². The first-order valence-corrected chi connectivity index (χ1v) is 11.0. The van der Waals surface area contributed by atoms with Crippen molar-refractivity contribution in [1.29, 1.82) is 0 Å². The van der Waals surface area contributed by atoms with Gasteiger partial charge in [0.05, 0.1) is 12.3 Å². The van der Waals surface area contributed by atoms with E-state index in [0.29, 0.717) is 0 Å². The van der Waals surface area contributed by atoms with E-state index in [9.17, 15) is 0 Å². The van der Waals surface area contributed by atoms with E-state index < -0.39 is 7.26 Å². The number of hydrogen-bond acceptors (Lipinski definition) is 0. The Bertz CT molecular complexity index is 152. The van der Waals surface area contributed by atoms with E-state index >= 15 is 0 Å². The van der Waals surface area contributed by atoms with Crippen LogP contribution in [0, 0.1) is 0 Å². The van der Waals surface area contributed by atoms with Gasteiger partial charge in [0.25, 0.3) is 0 Å². The van der Waals surface area contributed by atoms with Gasteiger partial charge >= 0.3 is 0 Å². The van der Waals surface area contributed by atoms with Crippen molar-refractivity contribution in [2.24, 2.45) is 0 Å². The third kappa shape index (κ3) is 12.7. The Morgan fingerprint density at radius 3 is 1.41 bits per heavy atom. The molecule has 0 amide bonds. The van der Waals surface area contributed by atoms with Gasteiger partial charge in [-0.3, -0.25) is 0 Å². The van der Waals surface area contributed by atoms with E-state index in [1.165, 1.54) is 76.5 Å². The molecule has 0 N–H and O–H groups in total. The minimum atomic E-state index is -0.497. The second-order valence-corrected chi connectivity index (χ2v) is 11.1. The van der Waals surface area contributed by atoms with Crippen molar-refractivity contribution in [3.63, 3.8) is 0 Å². The number of rotatable bonds is 12. The average molecular weight is 259 g/mol. The predicted molar refractivity (Wildman–Crippen MR) is 86.0 cm³/mol. The van der Waals surface area contributed by atoms with E-state index in [4.69, 9.17) is 0 Å². The summed E-state index contributed by atoms with van der Waals surface area (Å²) in [5.41, 5.74) is 0. The van der Waals surface area contributed by atoms with Crippen LogP contribution in [0.25, 0.3) is 0 Å². The molecule has 0 radical (unpaired) electrons. The molecule has 0 spiro atoms. The van der Waals surface area contributed by atoms with Crippen LogP contribution in [-0.4, -0.2) is 25.7 Å². The summed E-state index contributed by atoms with van der Waals surface area (Å²) in [7, 11) is -0.497. The second-order valence-electron chi connectivity index (χ2n) is 6.16. The fourth-order valence-electron chi connectivity index (χ4n) is 2.19. The SMILES string of the molecule is CCCCCCCCCCCC[P+](C)(C)CC. The molecule has 0 aromatic rings. The van der Waals surface area contributed by atoms with Crippen LogP contribution in [0.2, 0.25) is 0 Å². The Balaban J connectivity index is 3.09. The van der Waals surface area contributed by atoms with Gasteiger partial charge in [0.1, 0.15) is 0 Å². The molecule has 0 aliphatic heterocycles. The maximum absolute atomic E-state index is 2.51. The van der Waals surface area contributed by atoms with Crippen molar-refractivity contribution < 1.29 is 0 Å². The number of hydrogen-bond donors (Lipinski definition) is 0. The minimum absolute atomic E-state index is 0.497. The first kappa shape index (κ1) is 17.4. The van der Waals surface area contributed by atoms with Crippen molar-refractivity contribution in [2.45, 2.75) is 78.1 Å². The quantitative estimate of drug-likeness (QED) is 0.289. The summed E-state index contributed by atoms with van der Waals surface area (Å²) >= 11 is 0. The molecule has 0 nitrogen and oxygen atoms in total. The lowest BCUT2D eigenvalue weighted by molar-refractivity contribution is 0.562. The van der Waals surface area contributed by atoms with Crippen LogP contribution >= 0.6 is 7.26 Å². The van der Waals surface area contributed by atoms with E-state index in [2.05, 4.69) is 27.2 Å². The fourth-order valence-corrected chi connectivity index (χ4v) is 3.58. The summed E-state index contributed by atoms with van der Waals surface area (Å²) in [6.07, 6.45) is 17.6. The smallest absolute Gasteiger partial charge is 0.0588 e. The average Bonchev–Trinajstić information content (AvgIpc) is 2.31. The van der Waals surface area contributed by atoms with Gasteiger partial charge in [0.2, 0.25) is 0 Å². The summed E-state index contributed by atoms with van der Waals surface area (Å²) in [4.78, 5) is 0. The van der Waals surface area contributed by atoms with Crippen molar-refractivity contribution in [2.75, 3.05) is 25.7 Å². The Hall–Kier alpha value is 0.430. The van der Waals surface area contributed by atoms with Crippen LogP contribution in [0.3, 0.4) is 0 Å². The molecule has 0 atom stereocenters. The van der Waals surface area contributed by atoms with E-state index in [1.807, 2.05) is 0 Å². The van der Waals surface area contributed by atoms with Gasteiger partial charge in [-0.25, -0.2) is 0 Å². The van der Waals surface area contributed by atoms with Gasteiger partial charge in [-0.15, -0.1) is 0 Å². The van der Waals surface area contributed by atoms with Crippen LogP contribution in [0.15, 0.2) is 0 Å². The Morgan fingerprint density at radius 1 is 0.588 bits per heavy atom. The molecule has 0 aromatic carbocycles. The third-order valence-electron chi connectivity index (χ3n) is 3.97. The maximum atomic E-state index is 2.51. The molecule has 0 saturated heterocycles. The molecular weight excluding hydrogens is 223 g/mol. The highest BCUT2D eigenvalue weighted by Crippen LogP contribution is 2.51. The van der Waals surface area contributed by atoms with E-state index in [-0.39, 0.29) is 0 Å². The van der Waals surface area contributed by atoms with Gasteiger partial charge in [0, 0.05) is 20.6 Å². The van der Waals surface area contributed by atoms with Crippen LogP contribution in [0.1, 0.15) is 78.1 Å². The lowest BCUT2D eigenvalue weighted by Crippen LogP contribution is -1.97. The summed E-state index contributed by atoms with van der Waals surface area (Å²) in [5.74, 6) is 0. The minimum Gasteiger partial charge on any atom is -0.0654 e. The zero-order chi connectivity index (χ0) is 13.0. The zero-order valence-corrected chi connectivity index (χ0v) is 13.8. The van der Waals surface area contributed by atoms with Crippen molar-refractivity contribution in [1.82, 2.24) is 0 Å². The third-order valence-corrected chi connectivity index (χ3v) is 7.21. The molecule has 17 heavy (non-hydrogen) atoms. The Morgan fingerprint density at radius 2 is 1.00 bits per heavy atom. The van der Waals surface area contributed by atoms with Crippen LogP contribution in [0.5, 0.6) is 0 Å². The largest absolute Gasteiger partial charge is 0.0654 e. The first-order chi connectivity index (χ1) is 8.12. The standard InChI is InChI=1S/C16H36P/c1-5-7-8-9-10-11-12-13-14-15-16-17(3,4)6-2/h5-16H2,1-4H3/q+1. The van der Waals surface area contributed by atoms with Gasteiger partial charge in [0.15, 0.2) is 0 Å². The molecule has 0 heterocycles. The molecule has 0 unspecified atom stereocenters. The van der Waals surface area contributed by atoms with Gasteiger partial charge in [-0.1, -0.05) is 58.3 Å². The van der Waals surface area contributed by atoms with Gasteiger partial charge in [-0.2, -0.15) is 0 Å². The normalized spacial score (nSPS) is 12.0. The summed E-state index contributed by atoms with van der Waals surface area (Å²) in [6.45, 7) is 9.69. The summed E-state index contributed by atoms with van der Waals surface area (Å²) in [5, 5.41) is 0. The van der Waals surface area contributed by atoms with E-state index in [1.54, 1.807) is 0 Å². The summed E-state index contributed by atoms with van der Waals surface area (Å²) < 4.78 is 0. The maximum Gasteiger partial charge on any atom is 0.0588 e. The van der Waals surface area contributed by atoms with Crippen molar-refractivity contribution >= 4 is 7.26 Å². The van der Waals surface area contributed by atoms with Gasteiger partial charge in [-0.05, 0) is 19.8 Å². The van der Waals surface area contributed by atoms with Gasteiger partial charge < -0.3 is 0 Å². The Labute approximate surface area is 111 Å². The van der Waals surface area contributed by atoms with Crippen molar-refractivity contribution in [3.8, 4) is 0 Å². The highest BCUT2D eigenvalue weighted by molar-refractivity contribution is 7.74. The molecule has 0 rings (SSSR count). The fraction of sp³-hybridized carbons (Fsp3) is 1.00. The molecule has 104 valence electrons. The molecular formula is C16H36P+. The highest BCUT2D eigenvalue weighted by Gasteiger charge is 2.20. The van der Waals surface area contributed by atoms with Crippen molar-refractivity contribution in [3.05, 3.63) is 0 Å². The predicted octanol–water partition coefficient (Wildman–Crippen LogP) is 6.20. The van der Waals surface area contributed by atoms with Crippen LogP contribution in [-0.2, 0) is 0 Å². The van der Waals surface area contributed by atoms with Crippen LogP contribution in [0.4, 0.5) is 0 Å².